The number of para-hydroxylation sites is 1. The van der Waals surface area contributed by atoms with Crippen LogP contribution in [0.1, 0.15) is 32.8 Å². The first kappa shape index (κ1) is 14.4. The molecule has 19 heavy (non-hydrogen) atoms. The Balaban J connectivity index is 2.67. The zero-order valence-corrected chi connectivity index (χ0v) is 13.6. The molecular weight excluding hydrogens is 246 g/mol. The van der Waals surface area contributed by atoms with E-state index >= 15 is 0 Å². The van der Waals surface area contributed by atoms with E-state index in [0.717, 1.165) is 12.8 Å². The monoisotopic (exact) mass is 272 g/mol. The molecule has 0 aliphatic heterocycles. The Hall–Kier alpha value is -1.02. The Bertz CT molecular complexity index is 529. The van der Waals surface area contributed by atoms with Crippen LogP contribution < -0.4 is 5.32 Å². The maximum absolute atomic E-state index is 4.07. The lowest BCUT2D eigenvalue weighted by atomic mass is 10.1. The van der Waals surface area contributed by atoms with Gasteiger partial charge in [0, 0.05) is 16.2 Å². The lowest BCUT2D eigenvalue weighted by molar-refractivity contribution is 1.01. The van der Waals surface area contributed by atoms with Crippen LogP contribution in [0.15, 0.2) is 24.3 Å². The van der Waals surface area contributed by atoms with E-state index in [0.29, 0.717) is 0 Å². The number of aromatic amines is 1. The van der Waals surface area contributed by atoms with E-state index in [-0.39, 0.29) is 0 Å². The standard InChI is InChI=1S/C17H26NSi/c1-5-11-15-14-12-9-10-13-16(14)18-17(15)19(6-2,7-3)8-4/h9-10,12-13,18H,1,5-8,11H2,2-4H3. The van der Waals surface area contributed by atoms with Crippen molar-refractivity contribution in [3.63, 3.8) is 0 Å². The Labute approximate surface area is 118 Å². The summed E-state index contributed by atoms with van der Waals surface area (Å²) in [5.74, 6) is 0. The largest absolute Gasteiger partial charge is 0.362 e. The SMILES string of the molecule is [CH2]CCc1c([Si](CC)(CC)CC)[nH]c2ccccc12. The fraction of sp³-hybridized carbons (Fsp3) is 0.471. The van der Waals surface area contributed by atoms with Gasteiger partial charge in [0.2, 0.25) is 0 Å². The first-order valence-corrected chi connectivity index (χ1v) is 10.2. The minimum atomic E-state index is -1.34. The summed E-state index contributed by atoms with van der Waals surface area (Å²) in [6.45, 7) is 11.2. The van der Waals surface area contributed by atoms with Crippen molar-refractivity contribution in [1.29, 1.82) is 0 Å². The van der Waals surface area contributed by atoms with E-state index in [9.17, 15) is 0 Å². The third-order valence-corrected chi connectivity index (χ3v) is 10.3. The summed E-state index contributed by atoms with van der Waals surface area (Å²) in [7, 11) is -1.34. The third kappa shape index (κ3) is 2.38. The number of nitrogens with one attached hydrogen (secondary N) is 1. The molecule has 0 unspecified atom stereocenters. The highest BCUT2D eigenvalue weighted by Crippen LogP contribution is 2.26. The maximum Gasteiger partial charge on any atom is 0.107 e. The van der Waals surface area contributed by atoms with Gasteiger partial charge in [-0.25, -0.2) is 0 Å². The summed E-state index contributed by atoms with van der Waals surface area (Å²) in [6, 6.07) is 12.8. The maximum atomic E-state index is 4.07. The Kier molecular flexibility index (Phi) is 4.51. The van der Waals surface area contributed by atoms with Crippen LogP contribution in [0.2, 0.25) is 18.1 Å². The predicted molar refractivity (Wildman–Crippen MR) is 88.8 cm³/mol. The molecule has 0 amide bonds. The van der Waals surface area contributed by atoms with Crippen LogP contribution in [-0.2, 0) is 6.42 Å². The molecule has 0 spiro atoms. The number of H-pyrrole nitrogens is 1. The minimum Gasteiger partial charge on any atom is -0.362 e. The molecule has 0 aliphatic rings. The number of hydrogen-bond acceptors (Lipinski definition) is 0. The van der Waals surface area contributed by atoms with Crippen molar-refractivity contribution in [3.8, 4) is 0 Å². The van der Waals surface area contributed by atoms with Crippen molar-refractivity contribution in [3.05, 3.63) is 36.8 Å². The van der Waals surface area contributed by atoms with Gasteiger partial charge in [-0.05, 0) is 24.5 Å². The molecule has 0 saturated carbocycles. The molecule has 2 heteroatoms. The van der Waals surface area contributed by atoms with E-state index in [1.165, 1.54) is 29.0 Å². The van der Waals surface area contributed by atoms with Crippen LogP contribution in [0.3, 0.4) is 0 Å². The van der Waals surface area contributed by atoms with Gasteiger partial charge in [0.05, 0.1) is 0 Å². The van der Waals surface area contributed by atoms with Gasteiger partial charge in [0.1, 0.15) is 8.07 Å². The first-order chi connectivity index (χ1) is 9.22. The second-order valence-electron chi connectivity index (χ2n) is 5.47. The highest BCUT2D eigenvalue weighted by Gasteiger charge is 2.33. The van der Waals surface area contributed by atoms with Gasteiger partial charge in [0.25, 0.3) is 0 Å². The average Bonchev–Trinajstić information content (AvgIpc) is 2.82. The van der Waals surface area contributed by atoms with Gasteiger partial charge in [0.15, 0.2) is 0 Å². The lowest BCUT2D eigenvalue weighted by Gasteiger charge is -2.28. The number of hydrogen-bond donors (Lipinski definition) is 1. The first-order valence-electron chi connectivity index (χ1n) is 7.61. The Morgan fingerprint density at radius 2 is 1.68 bits per heavy atom. The van der Waals surface area contributed by atoms with Gasteiger partial charge >= 0.3 is 0 Å². The fourth-order valence-electron chi connectivity index (χ4n) is 3.37. The smallest absolute Gasteiger partial charge is 0.107 e. The van der Waals surface area contributed by atoms with E-state index in [1.54, 1.807) is 10.9 Å². The zero-order chi connectivity index (χ0) is 13.9. The molecule has 2 aromatic rings. The van der Waals surface area contributed by atoms with Crippen molar-refractivity contribution < 1.29 is 0 Å². The van der Waals surface area contributed by atoms with Crippen LogP contribution in [0.25, 0.3) is 10.9 Å². The van der Waals surface area contributed by atoms with Crippen molar-refractivity contribution in [2.45, 2.75) is 51.7 Å². The minimum absolute atomic E-state index is 0.983. The molecule has 1 N–H and O–H groups in total. The summed E-state index contributed by atoms with van der Waals surface area (Å²) >= 11 is 0. The molecule has 1 aromatic carbocycles. The Morgan fingerprint density at radius 1 is 1.05 bits per heavy atom. The summed E-state index contributed by atoms with van der Waals surface area (Å²) in [6.07, 6.45) is 2.09. The van der Waals surface area contributed by atoms with Gasteiger partial charge in [-0.2, -0.15) is 0 Å². The quantitative estimate of drug-likeness (QED) is 0.737. The summed E-state index contributed by atoms with van der Waals surface area (Å²) in [4.78, 5) is 3.78. The Morgan fingerprint density at radius 3 is 2.26 bits per heavy atom. The average molecular weight is 272 g/mol. The van der Waals surface area contributed by atoms with Crippen molar-refractivity contribution in [1.82, 2.24) is 4.98 Å². The number of aryl methyl sites for hydroxylation is 1. The van der Waals surface area contributed by atoms with Crippen LogP contribution in [0, 0.1) is 6.92 Å². The predicted octanol–water partition coefficient (Wildman–Crippen LogP) is 4.65. The molecule has 103 valence electrons. The summed E-state index contributed by atoms with van der Waals surface area (Å²) in [5.41, 5.74) is 2.87. The number of aromatic nitrogens is 1. The molecule has 0 saturated heterocycles. The fourth-order valence-corrected chi connectivity index (χ4v) is 7.23. The topological polar surface area (TPSA) is 15.8 Å². The van der Waals surface area contributed by atoms with Gasteiger partial charge in [-0.15, -0.1) is 0 Å². The van der Waals surface area contributed by atoms with Crippen molar-refractivity contribution in [2.75, 3.05) is 0 Å². The molecule has 1 nitrogen and oxygen atoms in total. The molecule has 0 bridgehead atoms. The van der Waals surface area contributed by atoms with Crippen LogP contribution in [0.4, 0.5) is 0 Å². The zero-order valence-electron chi connectivity index (χ0n) is 12.6. The van der Waals surface area contributed by atoms with Crippen molar-refractivity contribution in [2.24, 2.45) is 0 Å². The number of fused-ring (bicyclic) bond motifs is 1. The van der Waals surface area contributed by atoms with E-state index in [1.807, 2.05) is 0 Å². The molecule has 2 rings (SSSR count). The molecule has 0 atom stereocenters. The molecule has 1 heterocycles. The normalized spacial score (nSPS) is 12.2. The van der Waals surface area contributed by atoms with Gasteiger partial charge in [-0.3, -0.25) is 0 Å². The number of rotatable bonds is 6. The van der Waals surface area contributed by atoms with Gasteiger partial charge in [-0.1, -0.05) is 64.0 Å². The van der Waals surface area contributed by atoms with Crippen LogP contribution in [-0.4, -0.2) is 13.1 Å². The molecule has 1 radical (unpaired) electrons. The second kappa shape index (κ2) is 5.95. The van der Waals surface area contributed by atoms with Crippen LogP contribution >= 0.6 is 0 Å². The third-order valence-electron chi connectivity index (χ3n) is 4.80. The molecular formula is C17H26NSi. The summed E-state index contributed by atoms with van der Waals surface area (Å²) in [5, 5.41) is 3.03. The second-order valence-corrected chi connectivity index (χ2v) is 10.7. The van der Waals surface area contributed by atoms with E-state index < -0.39 is 8.07 Å². The van der Waals surface area contributed by atoms with Crippen molar-refractivity contribution >= 4 is 24.3 Å². The highest BCUT2D eigenvalue weighted by molar-refractivity contribution is 6.91. The highest BCUT2D eigenvalue weighted by atomic mass is 28.3. The van der Waals surface area contributed by atoms with Gasteiger partial charge < -0.3 is 4.98 Å². The van der Waals surface area contributed by atoms with Crippen LogP contribution in [0.5, 0.6) is 0 Å². The number of benzene rings is 1. The molecule has 1 aromatic heterocycles. The lowest BCUT2D eigenvalue weighted by Crippen LogP contribution is -2.48. The molecule has 0 fully saturated rings. The van der Waals surface area contributed by atoms with E-state index in [4.69, 9.17) is 0 Å². The summed E-state index contributed by atoms with van der Waals surface area (Å²) < 4.78 is 0. The van der Waals surface area contributed by atoms with E-state index in [2.05, 4.69) is 56.9 Å². The molecule has 0 aliphatic carbocycles.